The van der Waals surface area contributed by atoms with Gasteiger partial charge in [0.2, 0.25) is 5.91 Å². The number of nitrogens with one attached hydrogen (secondary N) is 2. The van der Waals surface area contributed by atoms with Gasteiger partial charge in [-0.3, -0.25) is 9.59 Å². The third kappa shape index (κ3) is 5.98. The molecule has 1 aromatic heterocycles. The Balaban J connectivity index is 1.47. The number of carbonyl (C=O) groups excluding carboxylic acids is 2. The van der Waals surface area contributed by atoms with Gasteiger partial charge in [0.05, 0.1) is 16.6 Å². The quantitative estimate of drug-likeness (QED) is 0.489. The summed E-state index contributed by atoms with van der Waals surface area (Å²) >= 11 is 13.2. The van der Waals surface area contributed by atoms with Crippen molar-refractivity contribution in [2.75, 3.05) is 11.1 Å². The molecule has 30 heavy (non-hydrogen) atoms. The highest BCUT2D eigenvalue weighted by Gasteiger charge is 2.13. The number of anilines is 1. The first-order valence-corrected chi connectivity index (χ1v) is 10.8. The fourth-order valence-corrected chi connectivity index (χ4v) is 3.67. The SMILES string of the molecule is Cn1c(CNC(=O)c2ccc(Cl)c(Cl)c2)nnc1SCCC(=O)Nc1ccccc1. The minimum atomic E-state index is -0.289. The van der Waals surface area contributed by atoms with Gasteiger partial charge in [-0.15, -0.1) is 10.2 Å². The highest BCUT2D eigenvalue weighted by Crippen LogP contribution is 2.22. The third-order valence-electron chi connectivity index (χ3n) is 4.13. The molecule has 3 rings (SSSR count). The van der Waals surface area contributed by atoms with Crippen LogP contribution in [0.4, 0.5) is 5.69 Å². The molecular formula is C20H19Cl2N5O2S. The van der Waals surface area contributed by atoms with E-state index in [-0.39, 0.29) is 18.4 Å². The van der Waals surface area contributed by atoms with Gasteiger partial charge in [-0.05, 0) is 30.3 Å². The number of hydrogen-bond donors (Lipinski definition) is 2. The Bertz CT molecular complexity index is 1040. The van der Waals surface area contributed by atoms with E-state index in [1.165, 1.54) is 17.8 Å². The Morgan fingerprint density at radius 2 is 1.83 bits per heavy atom. The normalized spacial score (nSPS) is 10.6. The molecule has 2 amide bonds. The fourth-order valence-electron chi connectivity index (χ4n) is 2.50. The molecule has 0 spiro atoms. The van der Waals surface area contributed by atoms with Crippen molar-refractivity contribution in [1.82, 2.24) is 20.1 Å². The minimum absolute atomic E-state index is 0.0648. The lowest BCUT2D eigenvalue weighted by Crippen LogP contribution is -2.24. The van der Waals surface area contributed by atoms with Crippen LogP contribution >= 0.6 is 35.0 Å². The molecule has 0 radical (unpaired) electrons. The summed E-state index contributed by atoms with van der Waals surface area (Å²) in [5.74, 6) is 0.799. The summed E-state index contributed by atoms with van der Waals surface area (Å²) in [7, 11) is 1.81. The second-order valence-electron chi connectivity index (χ2n) is 6.28. The molecule has 0 fully saturated rings. The highest BCUT2D eigenvalue weighted by molar-refractivity contribution is 7.99. The van der Waals surface area contributed by atoms with Crippen molar-refractivity contribution in [1.29, 1.82) is 0 Å². The Hall–Kier alpha value is -2.55. The largest absolute Gasteiger partial charge is 0.345 e. The van der Waals surface area contributed by atoms with Crippen molar-refractivity contribution in [2.45, 2.75) is 18.1 Å². The van der Waals surface area contributed by atoms with Crippen molar-refractivity contribution in [2.24, 2.45) is 7.05 Å². The number of rotatable bonds is 8. The molecule has 0 saturated carbocycles. The van der Waals surface area contributed by atoms with E-state index in [2.05, 4.69) is 20.8 Å². The lowest BCUT2D eigenvalue weighted by molar-refractivity contribution is -0.115. The zero-order valence-corrected chi connectivity index (χ0v) is 18.4. The summed E-state index contributed by atoms with van der Waals surface area (Å²) in [5.41, 5.74) is 1.18. The smallest absolute Gasteiger partial charge is 0.251 e. The zero-order valence-electron chi connectivity index (χ0n) is 16.1. The van der Waals surface area contributed by atoms with Crippen LogP contribution in [0.25, 0.3) is 0 Å². The summed E-state index contributed by atoms with van der Waals surface area (Å²) in [4.78, 5) is 24.3. The number of nitrogens with zero attached hydrogens (tertiary/aromatic N) is 3. The number of halogens is 2. The van der Waals surface area contributed by atoms with Crippen molar-refractivity contribution >= 4 is 52.5 Å². The molecule has 3 aromatic rings. The molecule has 10 heteroatoms. The van der Waals surface area contributed by atoms with Crippen molar-refractivity contribution in [3.63, 3.8) is 0 Å². The number of carbonyl (C=O) groups is 2. The molecule has 2 aromatic carbocycles. The lowest BCUT2D eigenvalue weighted by Gasteiger charge is -2.07. The first-order valence-electron chi connectivity index (χ1n) is 9.03. The van der Waals surface area contributed by atoms with E-state index in [1.807, 2.05) is 37.4 Å². The van der Waals surface area contributed by atoms with E-state index >= 15 is 0 Å². The molecule has 0 aliphatic heterocycles. The van der Waals surface area contributed by atoms with E-state index in [0.29, 0.717) is 38.8 Å². The monoisotopic (exact) mass is 463 g/mol. The highest BCUT2D eigenvalue weighted by atomic mass is 35.5. The Morgan fingerprint density at radius 3 is 2.57 bits per heavy atom. The molecule has 0 unspecified atom stereocenters. The predicted octanol–water partition coefficient (Wildman–Crippen LogP) is 4.17. The standard InChI is InChI=1S/C20H19Cl2N5O2S/c1-27-17(12-23-19(29)13-7-8-15(21)16(22)11-13)25-26-20(27)30-10-9-18(28)24-14-5-3-2-4-6-14/h2-8,11H,9-10,12H2,1H3,(H,23,29)(H,24,28). The van der Waals surface area contributed by atoms with Crippen LogP contribution in [0.5, 0.6) is 0 Å². The average molecular weight is 464 g/mol. The summed E-state index contributed by atoms with van der Waals surface area (Å²) in [6.07, 6.45) is 0.343. The Kier molecular flexibility index (Phi) is 7.73. The second kappa shape index (κ2) is 10.5. The van der Waals surface area contributed by atoms with E-state index < -0.39 is 0 Å². The number of para-hydroxylation sites is 1. The van der Waals surface area contributed by atoms with Crippen LogP contribution in [0.3, 0.4) is 0 Å². The number of amides is 2. The number of aromatic nitrogens is 3. The molecule has 0 atom stereocenters. The maximum atomic E-state index is 12.3. The molecule has 0 saturated heterocycles. The zero-order chi connectivity index (χ0) is 21.5. The van der Waals surface area contributed by atoms with Crippen LogP contribution in [0, 0.1) is 0 Å². The maximum Gasteiger partial charge on any atom is 0.251 e. The molecule has 156 valence electrons. The first-order chi connectivity index (χ1) is 14.4. The molecule has 0 bridgehead atoms. The van der Waals surface area contributed by atoms with E-state index in [1.54, 1.807) is 16.7 Å². The Labute approximate surface area is 188 Å². The summed E-state index contributed by atoms with van der Waals surface area (Å²) < 4.78 is 1.79. The van der Waals surface area contributed by atoms with Gasteiger partial charge in [0.1, 0.15) is 0 Å². The van der Waals surface area contributed by atoms with Crippen LogP contribution in [0.2, 0.25) is 10.0 Å². The van der Waals surface area contributed by atoms with Crippen LogP contribution in [0.1, 0.15) is 22.6 Å². The van der Waals surface area contributed by atoms with Gasteiger partial charge < -0.3 is 15.2 Å². The maximum absolute atomic E-state index is 12.3. The Morgan fingerprint density at radius 1 is 1.07 bits per heavy atom. The van der Waals surface area contributed by atoms with E-state index in [0.717, 1.165) is 5.69 Å². The van der Waals surface area contributed by atoms with Crippen LogP contribution < -0.4 is 10.6 Å². The lowest BCUT2D eigenvalue weighted by atomic mass is 10.2. The van der Waals surface area contributed by atoms with Crippen LogP contribution in [-0.2, 0) is 18.4 Å². The topological polar surface area (TPSA) is 88.9 Å². The van der Waals surface area contributed by atoms with Gasteiger partial charge in [-0.2, -0.15) is 0 Å². The van der Waals surface area contributed by atoms with E-state index in [4.69, 9.17) is 23.2 Å². The van der Waals surface area contributed by atoms with Gasteiger partial charge in [-0.1, -0.05) is 53.2 Å². The third-order valence-corrected chi connectivity index (χ3v) is 5.89. The van der Waals surface area contributed by atoms with Gasteiger partial charge in [0, 0.05) is 30.5 Å². The second-order valence-corrected chi connectivity index (χ2v) is 8.16. The predicted molar refractivity (Wildman–Crippen MR) is 119 cm³/mol. The van der Waals surface area contributed by atoms with Crippen LogP contribution in [-0.4, -0.2) is 32.3 Å². The summed E-state index contributed by atoms with van der Waals surface area (Å²) in [6.45, 7) is 0.206. The summed E-state index contributed by atoms with van der Waals surface area (Å²) in [5, 5.41) is 15.2. The van der Waals surface area contributed by atoms with Crippen LogP contribution in [0.15, 0.2) is 53.7 Å². The summed E-state index contributed by atoms with van der Waals surface area (Å²) in [6, 6.07) is 14.0. The average Bonchev–Trinajstić information content (AvgIpc) is 3.08. The molecule has 2 N–H and O–H groups in total. The molecular weight excluding hydrogens is 445 g/mol. The van der Waals surface area contributed by atoms with Crippen molar-refractivity contribution < 1.29 is 9.59 Å². The number of hydrogen-bond acceptors (Lipinski definition) is 5. The minimum Gasteiger partial charge on any atom is -0.345 e. The number of benzene rings is 2. The molecule has 0 aliphatic rings. The number of thioether (sulfide) groups is 1. The molecule has 7 nitrogen and oxygen atoms in total. The van der Waals surface area contributed by atoms with Gasteiger partial charge in [0.15, 0.2) is 11.0 Å². The fraction of sp³-hybridized carbons (Fsp3) is 0.200. The van der Waals surface area contributed by atoms with Crippen molar-refractivity contribution in [3.05, 3.63) is 70.0 Å². The van der Waals surface area contributed by atoms with E-state index in [9.17, 15) is 9.59 Å². The molecule has 1 heterocycles. The van der Waals surface area contributed by atoms with Gasteiger partial charge in [-0.25, -0.2) is 0 Å². The van der Waals surface area contributed by atoms with Gasteiger partial charge >= 0.3 is 0 Å². The first kappa shape index (κ1) is 22.1. The van der Waals surface area contributed by atoms with Gasteiger partial charge in [0.25, 0.3) is 5.91 Å². The van der Waals surface area contributed by atoms with Crippen molar-refractivity contribution in [3.8, 4) is 0 Å². The molecule has 0 aliphatic carbocycles.